The van der Waals surface area contributed by atoms with Crippen LogP contribution in [0.25, 0.3) is 0 Å². The van der Waals surface area contributed by atoms with Gasteiger partial charge in [0.2, 0.25) is 0 Å². The average molecular weight is 230 g/mol. The second-order valence-electron chi connectivity index (χ2n) is 3.87. The Morgan fingerprint density at radius 3 is 2.53 bits per heavy atom. The summed E-state index contributed by atoms with van der Waals surface area (Å²) in [7, 11) is 1.74. The fourth-order valence-corrected chi connectivity index (χ4v) is 1.58. The van der Waals surface area contributed by atoms with E-state index in [1.54, 1.807) is 42.1 Å². The number of benzene rings is 1. The fourth-order valence-electron chi connectivity index (χ4n) is 1.58. The van der Waals surface area contributed by atoms with Crippen LogP contribution in [-0.4, -0.2) is 15.7 Å². The van der Waals surface area contributed by atoms with Crippen LogP contribution in [0, 0.1) is 6.92 Å². The van der Waals surface area contributed by atoms with E-state index in [9.17, 15) is 4.79 Å². The maximum absolute atomic E-state index is 11.9. The second kappa shape index (κ2) is 4.29. The highest BCUT2D eigenvalue weighted by atomic mass is 16.2. The minimum absolute atomic E-state index is 0.183. The molecule has 2 rings (SSSR count). The number of amides is 1. The molecule has 0 atom stereocenters. The summed E-state index contributed by atoms with van der Waals surface area (Å²) < 4.78 is 1.56. The minimum Gasteiger partial charge on any atom is -0.399 e. The summed E-state index contributed by atoms with van der Waals surface area (Å²) >= 11 is 0. The van der Waals surface area contributed by atoms with Gasteiger partial charge in [0, 0.05) is 18.4 Å². The molecule has 0 radical (unpaired) electrons. The molecule has 0 bridgehead atoms. The number of nitrogen functional groups attached to an aromatic ring is 1. The Morgan fingerprint density at radius 1 is 1.35 bits per heavy atom. The van der Waals surface area contributed by atoms with Crippen LogP contribution in [-0.2, 0) is 7.05 Å². The smallest absolute Gasteiger partial charge is 0.273 e. The van der Waals surface area contributed by atoms with E-state index in [0.717, 1.165) is 5.69 Å². The standard InChI is InChI=1S/C12H14N4O/c1-8-7-11(16(2)15-8)12(17)14-10-5-3-9(13)4-6-10/h3-7H,13H2,1-2H3,(H,14,17). The number of rotatable bonds is 2. The van der Waals surface area contributed by atoms with Crippen molar-refractivity contribution in [3.8, 4) is 0 Å². The molecule has 0 fully saturated rings. The van der Waals surface area contributed by atoms with Gasteiger partial charge in [0.1, 0.15) is 5.69 Å². The van der Waals surface area contributed by atoms with E-state index in [4.69, 9.17) is 5.73 Å². The lowest BCUT2D eigenvalue weighted by atomic mass is 10.2. The first-order valence-electron chi connectivity index (χ1n) is 5.24. The van der Waals surface area contributed by atoms with Gasteiger partial charge in [0.15, 0.2) is 0 Å². The zero-order chi connectivity index (χ0) is 12.4. The summed E-state index contributed by atoms with van der Waals surface area (Å²) in [5.74, 6) is -0.183. The van der Waals surface area contributed by atoms with Gasteiger partial charge in [-0.05, 0) is 37.3 Å². The van der Waals surface area contributed by atoms with Crippen molar-refractivity contribution < 1.29 is 4.79 Å². The van der Waals surface area contributed by atoms with Crippen molar-refractivity contribution >= 4 is 17.3 Å². The molecule has 0 saturated carbocycles. The largest absolute Gasteiger partial charge is 0.399 e. The van der Waals surface area contributed by atoms with Crippen LogP contribution in [0.4, 0.5) is 11.4 Å². The maximum Gasteiger partial charge on any atom is 0.273 e. The number of hydrogen-bond acceptors (Lipinski definition) is 3. The third-order valence-electron chi connectivity index (χ3n) is 2.40. The van der Waals surface area contributed by atoms with E-state index >= 15 is 0 Å². The maximum atomic E-state index is 11.9. The molecule has 3 N–H and O–H groups in total. The number of carbonyl (C=O) groups excluding carboxylic acids is 1. The van der Waals surface area contributed by atoms with Crippen LogP contribution < -0.4 is 11.1 Å². The fraction of sp³-hybridized carbons (Fsp3) is 0.167. The topological polar surface area (TPSA) is 72.9 Å². The molecule has 0 aliphatic heterocycles. The molecule has 0 saturated heterocycles. The highest BCUT2D eigenvalue weighted by molar-refractivity contribution is 6.03. The van der Waals surface area contributed by atoms with Gasteiger partial charge in [-0.2, -0.15) is 5.10 Å². The summed E-state index contributed by atoms with van der Waals surface area (Å²) in [5.41, 5.74) is 8.29. The molecule has 0 aliphatic rings. The summed E-state index contributed by atoms with van der Waals surface area (Å²) in [6.07, 6.45) is 0. The molecule has 88 valence electrons. The van der Waals surface area contributed by atoms with Crippen LogP contribution in [0.15, 0.2) is 30.3 Å². The Hall–Kier alpha value is -2.30. The van der Waals surface area contributed by atoms with Crippen LogP contribution in [0.3, 0.4) is 0 Å². The van der Waals surface area contributed by atoms with Crippen LogP contribution in [0.2, 0.25) is 0 Å². The van der Waals surface area contributed by atoms with E-state index in [0.29, 0.717) is 17.1 Å². The number of nitrogens with zero attached hydrogens (tertiary/aromatic N) is 2. The van der Waals surface area contributed by atoms with Gasteiger partial charge >= 0.3 is 0 Å². The molecule has 1 amide bonds. The van der Waals surface area contributed by atoms with Gasteiger partial charge in [-0.3, -0.25) is 9.48 Å². The van der Waals surface area contributed by atoms with Crippen LogP contribution in [0.1, 0.15) is 16.2 Å². The number of nitrogens with one attached hydrogen (secondary N) is 1. The lowest BCUT2D eigenvalue weighted by Gasteiger charge is -2.05. The van der Waals surface area contributed by atoms with Gasteiger partial charge in [-0.15, -0.1) is 0 Å². The van der Waals surface area contributed by atoms with E-state index in [1.165, 1.54) is 0 Å². The zero-order valence-corrected chi connectivity index (χ0v) is 9.77. The number of carbonyl (C=O) groups is 1. The first-order valence-corrected chi connectivity index (χ1v) is 5.24. The lowest BCUT2D eigenvalue weighted by Crippen LogP contribution is -2.15. The van der Waals surface area contributed by atoms with Crippen molar-refractivity contribution in [2.45, 2.75) is 6.92 Å². The van der Waals surface area contributed by atoms with Gasteiger partial charge in [-0.1, -0.05) is 0 Å². The van der Waals surface area contributed by atoms with Crippen molar-refractivity contribution in [2.75, 3.05) is 11.1 Å². The van der Waals surface area contributed by atoms with Crippen LogP contribution in [0.5, 0.6) is 0 Å². The predicted octanol–water partition coefficient (Wildman–Crippen LogP) is 1.56. The Kier molecular flexibility index (Phi) is 2.82. The Bertz CT molecular complexity index is 542. The molecule has 1 aromatic carbocycles. The van der Waals surface area contributed by atoms with Gasteiger partial charge in [0.25, 0.3) is 5.91 Å². The van der Waals surface area contributed by atoms with Gasteiger partial charge < -0.3 is 11.1 Å². The van der Waals surface area contributed by atoms with E-state index in [-0.39, 0.29) is 5.91 Å². The van der Waals surface area contributed by atoms with Gasteiger partial charge in [-0.25, -0.2) is 0 Å². The Labute approximate surface area is 99.2 Å². The molecule has 5 heteroatoms. The van der Waals surface area contributed by atoms with Crippen molar-refractivity contribution in [3.05, 3.63) is 41.7 Å². The number of aryl methyl sites for hydroxylation is 2. The predicted molar refractivity (Wildman–Crippen MR) is 66.8 cm³/mol. The van der Waals surface area contributed by atoms with Crippen LogP contribution >= 0.6 is 0 Å². The van der Waals surface area contributed by atoms with E-state index < -0.39 is 0 Å². The highest BCUT2D eigenvalue weighted by Crippen LogP contribution is 2.12. The van der Waals surface area contributed by atoms with Crippen molar-refractivity contribution in [1.82, 2.24) is 9.78 Å². The average Bonchev–Trinajstić information content (AvgIpc) is 2.61. The number of hydrogen-bond donors (Lipinski definition) is 2. The molecule has 5 nitrogen and oxygen atoms in total. The molecular formula is C12H14N4O. The Morgan fingerprint density at radius 2 is 2.00 bits per heavy atom. The quantitative estimate of drug-likeness (QED) is 0.769. The second-order valence-corrected chi connectivity index (χ2v) is 3.87. The summed E-state index contributed by atoms with van der Waals surface area (Å²) in [6.45, 7) is 1.85. The SMILES string of the molecule is Cc1cc(C(=O)Nc2ccc(N)cc2)n(C)n1. The number of aromatic nitrogens is 2. The molecule has 0 aliphatic carbocycles. The number of anilines is 2. The molecule has 0 unspecified atom stereocenters. The monoisotopic (exact) mass is 230 g/mol. The molecule has 1 aromatic heterocycles. The van der Waals surface area contributed by atoms with Crippen molar-refractivity contribution in [3.63, 3.8) is 0 Å². The first-order chi connectivity index (χ1) is 8.06. The lowest BCUT2D eigenvalue weighted by molar-refractivity contribution is 0.101. The van der Waals surface area contributed by atoms with E-state index in [1.807, 2.05) is 6.92 Å². The minimum atomic E-state index is -0.183. The molecule has 0 spiro atoms. The zero-order valence-electron chi connectivity index (χ0n) is 9.77. The van der Waals surface area contributed by atoms with E-state index in [2.05, 4.69) is 10.4 Å². The number of nitrogens with two attached hydrogens (primary N) is 1. The molecule has 2 aromatic rings. The third-order valence-corrected chi connectivity index (χ3v) is 2.40. The normalized spacial score (nSPS) is 10.2. The third kappa shape index (κ3) is 2.44. The molecule has 17 heavy (non-hydrogen) atoms. The van der Waals surface area contributed by atoms with Crippen molar-refractivity contribution in [1.29, 1.82) is 0 Å². The Balaban J connectivity index is 2.17. The van der Waals surface area contributed by atoms with Crippen molar-refractivity contribution in [2.24, 2.45) is 7.05 Å². The summed E-state index contributed by atoms with van der Waals surface area (Å²) in [5, 5.41) is 6.91. The summed E-state index contributed by atoms with van der Waals surface area (Å²) in [4.78, 5) is 11.9. The highest BCUT2D eigenvalue weighted by Gasteiger charge is 2.11. The molecular weight excluding hydrogens is 216 g/mol. The van der Waals surface area contributed by atoms with Gasteiger partial charge in [0.05, 0.1) is 5.69 Å². The first kappa shape index (κ1) is 11.2. The molecule has 1 heterocycles. The summed E-state index contributed by atoms with van der Waals surface area (Å²) in [6, 6.07) is 8.74.